The van der Waals surface area contributed by atoms with Crippen molar-refractivity contribution in [3.05, 3.63) is 42.2 Å². The normalized spacial score (nSPS) is 10.9. The molecule has 0 aliphatic carbocycles. The van der Waals surface area contributed by atoms with Crippen LogP contribution in [0.5, 0.6) is 0 Å². The van der Waals surface area contributed by atoms with E-state index in [4.69, 9.17) is 0 Å². The van der Waals surface area contributed by atoms with Gasteiger partial charge >= 0.3 is 0 Å². The Morgan fingerprint density at radius 3 is 2.75 bits per heavy atom. The lowest BCUT2D eigenvalue weighted by molar-refractivity contribution is -0.117. The first kappa shape index (κ1) is 13.1. The summed E-state index contributed by atoms with van der Waals surface area (Å²) in [5, 5.41) is 2.69. The molecule has 0 radical (unpaired) electrons. The van der Waals surface area contributed by atoms with Crippen LogP contribution in [-0.4, -0.2) is 17.4 Å². The van der Waals surface area contributed by atoms with E-state index < -0.39 is 4.08 Å². The van der Waals surface area contributed by atoms with Gasteiger partial charge in [0.1, 0.15) is 4.08 Å². The Bertz CT molecular complexity index is 390. The smallest absolute Gasteiger partial charge is 0.246 e. The predicted octanol–water partition coefficient (Wildman–Crippen LogP) is 1.79. The molecule has 0 atom stereocenters. The van der Waals surface area contributed by atoms with Gasteiger partial charge in [-0.1, -0.05) is 12.6 Å². The summed E-state index contributed by atoms with van der Waals surface area (Å²) in [5.41, 5.74) is 1.15. The Balaban J connectivity index is 2.66. The van der Waals surface area contributed by atoms with E-state index in [9.17, 15) is 4.79 Å². The second-order valence-electron chi connectivity index (χ2n) is 3.49. The van der Waals surface area contributed by atoms with E-state index >= 15 is 0 Å². The summed E-state index contributed by atoms with van der Waals surface area (Å²) in [6.45, 7) is 5.48. The first-order valence-electron chi connectivity index (χ1n) is 4.73. The van der Waals surface area contributed by atoms with Crippen molar-refractivity contribution in [2.24, 2.45) is 0 Å². The molecule has 1 amide bonds. The van der Waals surface area contributed by atoms with Gasteiger partial charge in [-0.15, -0.1) is 0 Å². The lowest BCUT2D eigenvalue weighted by atomic mass is 10.2. The van der Waals surface area contributed by atoms with Crippen LogP contribution in [0.25, 0.3) is 0 Å². The van der Waals surface area contributed by atoms with Crippen molar-refractivity contribution >= 4 is 31.2 Å². The van der Waals surface area contributed by atoms with Crippen LogP contribution in [0.1, 0.15) is 12.6 Å². The molecule has 0 aliphatic rings. The van der Waals surface area contributed by atoms with E-state index in [1.165, 1.54) is 0 Å². The number of carbonyl (C=O) groups is 1. The molecular weight excluding hydrogens is 240 g/mol. The molecule has 1 N–H and O–H groups in total. The van der Waals surface area contributed by atoms with Gasteiger partial charge in [-0.2, -0.15) is 25.3 Å². The monoisotopic (exact) mass is 254 g/mol. The van der Waals surface area contributed by atoms with Gasteiger partial charge in [-0.3, -0.25) is 9.78 Å². The summed E-state index contributed by atoms with van der Waals surface area (Å²) < 4.78 is -0.785. The molecule has 1 heterocycles. The average molecular weight is 254 g/mol. The maximum atomic E-state index is 11.3. The number of hydrogen-bond acceptors (Lipinski definition) is 4. The van der Waals surface area contributed by atoms with E-state index in [1.54, 1.807) is 13.1 Å². The minimum absolute atomic E-state index is 0.205. The highest BCUT2D eigenvalue weighted by Gasteiger charge is 2.25. The molecule has 0 aromatic carbocycles. The molecule has 16 heavy (non-hydrogen) atoms. The van der Waals surface area contributed by atoms with E-state index in [0.717, 1.165) is 0 Å². The molecule has 0 fully saturated rings. The van der Waals surface area contributed by atoms with Gasteiger partial charge in [0.05, 0.1) is 5.69 Å². The quantitative estimate of drug-likeness (QED) is 0.435. The SMILES string of the molecule is C=C(C)C(=O)NCC(S)(S)c1ccccn1. The lowest BCUT2D eigenvalue weighted by Gasteiger charge is -2.22. The fourth-order valence-electron chi connectivity index (χ4n) is 1.04. The molecule has 0 unspecified atom stereocenters. The number of rotatable bonds is 4. The van der Waals surface area contributed by atoms with Crippen molar-refractivity contribution in [3.8, 4) is 0 Å². The molecule has 1 rings (SSSR count). The molecule has 86 valence electrons. The second kappa shape index (κ2) is 5.41. The highest BCUT2D eigenvalue weighted by molar-refractivity contribution is 7.99. The zero-order valence-corrected chi connectivity index (χ0v) is 10.8. The molecule has 3 nitrogen and oxygen atoms in total. The Morgan fingerprint density at radius 2 is 2.25 bits per heavy atom. The van der Waals surface area contributed by atoms with Crippen molar-refractivity contribution in [3.63, 3.8) is 0 Å². The molecule has 0 spiro atoms. The van der Waals surface area contributed by atoms with Gasteiger partial charge in [0.15, 0.2) is 0 Å². The number of thiol groups is 2. The number of aromatic nitrogens is 1. The average Bonchev–Trinajstić information content (AvgIpc) is 2.27. The van der Waals surface area contributed by atoms with E-state index in [-0.39, 0.29) is 12.5 Å². The number of amides is 1. The topological polar surface area (TPSA) is 42.0 Å². The summed E-state index contributed by atoms with van der Waals surface area (Å²) in [4.78, 5) is 15.5. The van der Waals surface area contributed by atoms with Crippen LogP contribution in [0.2, 0.25) is 0 Å². The minimum Gasteiger partial charge on any atom is -0.350 e. The summed E-state index contributed by atoms with van der Waals surface area (Å²) in [5.74, 6) is -0.205. The van der Waals surface area contributed by atoms with Gasteiger partial charge in [-0.25, -0.2) is 0 Å². The Kier molecular flexibility index (Phi) is 4.44. The summed E-state index contributed by atoms with van der Waals surface area (Å²) in [6.07, 6.45) is 1.66. The highest BCUT2D eigenvalue weighted by Crippen LogP contribution is 2.30. The van der Waals surface area contributed by atoms with Crippen molar-refractivity contribution in [1.29, 1.82) is 0 Å². The highest BCUT2D eigenvalue weighted by atomic mass is 32.2. The van der Waals surface area contributed by atoms with Crippen LogP contribution in [0, 0.1) is 0 Å². The van der Waals surface area contributed by atoms with E-state index in [0.29, 0.717) is 11.3 Å². The van der Waals surface area contributed by atoms with E-state index in [2.05, 4.69) is 42.1 Å². The van der Waals surface area contributed by atoms with E-state index in [1.807, 2.05) is 18.2 Å². The van der Waals surface area contributed by atoms with Gasteiger partial charge in [-0.05, 0) is 19.1 Å². The number of nitrogens with one attached hydrogen (secondary N) is 1. The standard InChI is InChI=1S/C11H14N2OS2/c1-8(2)10(14)13-7-11(15,16)9-5-3-4-6-12-9/h3-6,15-16H,1,7H2,2H3,(H,13,14). The zero-order valence-electron chi connectivity index (χ0n) is 8.97. The Morgan fingerprint density at radius 1 is 1.56 bits per heavy atom. The molecule has 1 aromatic heterocycles. The summed E-state index contributed by atoms with van der Waals surface area (Å²) in [6, 6.07) is 5.48. The number of carbonyl (C=O) groups excluding carboxylic acids is 1. The molecule has 0 bridgehead atoms. The minimum atomic E-state index is -0.785. The number of pyridine rings is 1. The summed E-state index contributed by atoms with van der Waals surface area (Å²) >= 11 is 8.75. The third kappa shape index (κ3) is 3.57. The second-order valence-corrected chi connectivity index (χ2v) is 5.37. The molecule has 0 aliphatic heterocycles. The fourth-order valence-corrected chi connectivity index (χ4v) is 1.47. The van der Waals surface area contributed by atoms with Crippen LogP contribution in [0.15, 0.2) is 36.5 Å². The van der Waals surface area contributed by atoms with Gasteiger partial charge in [0.2, 0.25) is 5.91 Å². The largest absolute Gasteiger partial charge is 0.350 e. The van der Waals surface area contributed by atoms with Crippen LogP contribution >= 0.6 is 25.3 Å². The number of nitrogens with zero attached hydrogens (tertiary/aromatic N) is 1. The maximum absolute atomic E-state index is 11.3. The van der Waals surface area contributed by atoms with Crippen LogP contribution in [-0.2, 0) is 8.87 Å². The third-order valence-electron chi connectivity index (χ3n) is 1.96. The maximum Gasteiger partial charge on any atom is 0.246 e. The van der Waals surface area contributed by atoms with Crippen molar-refractivity contribution in [2.45, 2.75) is 11.0 Å². The van der Waals surface area contributed by atoms with Crippen LogP contribution in [0.4, 0.5) is 0 Å². The molecule has 0 saturated carbocycles. The first-order valence-corrected chi connectivity index (χ1v) is 5.63. The van der Waals surface area contributed by atoms with Crippen molar-refractivity contribution in [1.82, 2.24) is 10.3 Å². The molecule has 5 heteroatoms. The molecule has 1 aromatic rings. The van der Waals surface area contributed by atoms with Crippen molar-refractivity contribution in [2.75, 3.05) is 6.54 Å². The third-order valence-corrected chi connectivity index (χ3v) is 2.73. The number of hydrogen-bond donors (Lipinski definition) is 3. The van der Waals surface area contributed by atoms with Gasteiger partial charge in [0.25, 0.3) is 0 Å². The Labute approximate surface area is 106 Å². The Hall–Kier alpha value is -0.940. The van der Waals surface area contributed by atoms with Gasteiger partial charge in [0, 0.05) is 18.3 Å². The molecular formula is C11H14N2OS2. The fraction of sp³-hybridized carbons (Fsp3) is 0.273. The lowest BCUT2D eigenvalue weighted by Crippen LogP contribution is -2.34. The zero-order chi connectivity index (χ0) is 12.2. The molecule has 0 saturated heterocycles. The van der Waals surface area contributed by atoms with Crippen LogP contribution < -0.4 is 5.32 Å². The van der Waals surface area contributed by atoms with Gasteiger partial charge < -0.3 is 5.32 Å². The summed E-state index contributed by atoms with van der Waals surface area (Å²) in [7, 11) is 0. The predicted molar refractivity (Wildman–Crippen MR) is 71.7 cm³/mol. The van der Waals surface area contributed by atoms with Crippen LogP contribution in [0.3, 0.4) is 0 Å². The van der Waals surface area contributed by atoms with Crippen molar-refractivity contribution < 1.29 is 4.79 Å². The first-order chi connectivity index (χ1) is 7.43.